The van der Waals surface area contributed by atoms with E-state index in [1.807, 2.05) is 0 Å². The summed E-state index contributed by atoms with van der Waals surface area (Å²) < 4.78 is 5.15. The first-order chi connectivity index (χ1) is 7.77. The first-order valence-electron chi connectivity index (χ1n) is 6.82. The van der Waals surface area contributed by atoms with E-state index in [2.05, 4.69) is 46.6 Å². The molecule has 0 unspecified atom stereocenters. The van der Waals surface area contributed by atoms with Crippen molar-refractivity contribution in [1.29, 1.82) is 0 Å². The first-order valence-corrected chi connectivity index (χ1v) is 7.64. The molecule has 0 aromatic carbocycles. The molecule has 1 fully saturated rings. The quantitative estimate of drug-likeness (QED) is 0.514. The molecule has 1 rings (SSSR count). The fourth-order valence-electron chi connectivity index (χ4n) is 3.23. The summed E-state index contributed by atoms with van der Waals surface area (Å²) in [6, 6.07) is 0. The summed E-state index contributed by atoms with van der Waals surface area (Å²) in [4.78, 5) is 0. The van der Waals surface area contributed by atoms with E-state index in [0.29, 0.717) is 15.9 Å². The number of hydrogen-bond acceptors (Lipinski definition) is 1. The molecule has 0 saturated heterocycles. The number of hydrogen-bond donors (Lipinski definition) is 0. The Bertz CT molecular complexity index is 312. The van der Waals surface area contributed by atoms with E-state index < -0.39 is 0 Å². The maximum atomic E-state index is 5.15. The van der Waals surface area contributed by atoms with Crippen LogP contribution < -0.4 is 0 Å². The highest BCUT2D eigenvalue weighted by molar-refractivity contribution is 5.98. The topological polar surface area (TPSA) is 9.23 Å². The van der Waals surface area contributed by atoms with Crippen LogP contribution in [-0.4, -0.2) is 10.5 Å². The van der Waals surface area contributed by atoms with Gasteiger partial charge in [-0.2, -0.15) is 0 Å². The molecule has 0 amide bonds. The van der Waals surface area contributed by atoms with Crippen LogP contribution in [0.3, 0.4) is 0 Å². The molecule has 0 radical (unpaired) electrons. The third-order valence-electron chi connectivity index (χ3n) is 5.07. The Morgan fingerprint density at radius 1 is 1.06 bits per heavy atom. The predicted octanol–water partition coefficient (Wildman–Crippen LogP) is 3.27. The van der Waals surface area contributed by atoms with E-state index in [1.165, 1.54) is 32.1 Å². The van der Waals surface area contributed by atoms with Crippen LogP contribution in [0.1, 0.15) is 66.7 Å². The van der Waals surface area contributed by atoms with Gasteiger partial charge >= 0.3 is 0 Å². The van der Waals surface area contributed by atoms with Gasteiger partial charge in [-0.05, 0) is 30.6 Å². The standard InChI is InChI=1S/C15H28OSi/c1-13(2,3)15(5,11-12-16-17)14(4)9-7-6-8-10-14/h6-10H2,1-5,17H3/t15-/m0/s1. The van der Waals surface area contributed by atoms with Crippen LogP contribution in [0.4, 0.5) is 0 Å². The van der Waals surface area contributed by atoms with E-state index in [9.17, 15) is 0 Å². The molecule has 0 aromatic rings. The maximum absolute atomic E-state index is 5.15. The van der Waals surface area contributed by atoms with Gasteiger partial charge in [0.05, 0.1) is 6.11 Å². The van der Waals surface area contributed by atoms with E-state index in [0.717, 1.165) is 0 Å². The summed E-state index contributed by atoms with van der Waals surface area (Å²) in [5.74, 6) is 3.46. The van der Waals surface area contributed by atoms with Crippen LogP contribution in [0, 0.1) is 28.3 Å². The van der Waals surface area contributed by atoms with Gasteiger partial charge in [-0.3, -0.25) is 0 Å². The molecule has 0 heterocycles. The largest absolute Gasteiger partial charge is 0.512 e. The van der Waals surface area contributed by atoms with Crippen LogP contribution in [0.15, 0.2) is 0 Å². The van der Waals surface area contributed by atoms with Gasteiger partial charge in [0.2, 0.25) is 10.5 Å². The van der Waals surface area contributed by atoms with E-state index in [1.54, 1.807) is 0 Å². The molecule has 1 saturated carbocycles. The first kappa shape index (κ1) is 14.6. The van der Waals surface area contributed by atoms with Gasteiger partial charge in [-0.15, -0.1) is 0 Å². The molecule has 1 atom stereocenters. The van der Waals surface area contributed by atoms with E-state index in [-0.39, 0.29) is 10.8 Å². The van der Waals surface area contributed by atoms with Crippen LogP contribution in [0.5, 0.6) is 0 Å². The van der Waals surface area contributed by atoms with Crippen molar-refractivity contribution in [2.75, 3.05) is 0 Å². The Hall–Kier alpha value is -0.423. The molecule has 0 spiro atoms. The van der Waals surface area contributed by atoms with Crippen molar-refractivity contribution in [3.8, 4) is 12.0 Å². The highest BCUT2D eigenvalue weighted by Gasteiger charge is 2.51. The predicted molar refractivity (Wildman–Crippen MR) is 77.6 cm³/mol. The minimum Gasteiger partial charge on any atom is -0.512 e. The maximum Gasteiger partial charge on any atom is 0.219 e. The molecule has 98 valence electrons. The second-order valence-corrected chi connectivity index (χ2v) is 7.34. The lowest BCUT2D eigenvalue weighted by atomic mass is 9.50. The molecule has 0 bridgehead atoms. The summed E-state index contributed by atoms with van der Waals surface area (Å²) in [6.07, 6.45) is 9.63. The molecular weight excluding hydrogens is 224 g/mol. The number of rotatable bonds is 1. The lowest BCUT2D eigenvalue weighted by Gasteiger charge is -2.53. The molecule has 17 heavy (non-hydrogen) atoms. The van der Waals surface area contributed by atoms with E-state index in [4.69, 9.17) is 4.43 Å². The fraction of sp³-hybridized carbons (Fsp3) is 0.867. The van der Waals surface area contributed by atoms with Gasteiger partial charge in [0.1, 0.15) is 0 Å². The summed E-state index contributed by atoms with van der Waals surface area (Å²) in [5.41, 5.74) is 0.549. The summed E-state index contributed by atoms with van der Waals surface area (Å²) >= 11 is 0. The summed E-state index contributed by atoms with van der Waals surface area (Å²) in [6.45, 7) is 11.7. The zero-order chi connectivity index (χ0) is 13.2. The molecule has 0 N–H and O–H groups in total. The molecule has 1 aliphatic rings. The molecule has 0 aliphatic heterocycles. The van der Waals surface area contributed by atoms with Crippen molar-refractivity contribution < 1.29 is 4.43 Å². The fourth-order valence-corrected chi connectivity index (χ4v) is 3.33. The highest BCUT2D eigenvalue weighted by Crippen LogP contribution is 2.57. The highest BCUT2D eigenvalue weighted by atomic mass is 28.2. The minimum atomic E-state index is 0.0326. The Morgan fingerprint density at radius 2 is 1.59 bits per heavy atom. The van der Waals surface area contributed by atoms with Gasteiger partial charge in [-0.1, -0.05) is 52.9 Å². The summed E-state index contributed by atoms with van der Waals surface area (Å²) in [7, 11) is 0.700. The van der Waals surface area contributed by atoms with Crippen molar-refractivity contribution in [3.63, 3.8) is 0 Å². The van der Waals surface area contributed by atoms with Gasteiger partial charge < -0.3 is 4.43 Å². The molecular formula is C15H28OSi. The Labute approximate surface area is 110 Å². The second kappa shape index (κ2) is 5.06. The molecule has 2 heteroatoms. The molecule has 1 aliphatic carbocycles. The Morgan fingerprint density at radius 3 is 2.00 bits per heavy atom. The second-order valence-electron chi connectivity index (χ2n) is 6.93. The molecule has 0 aromatic heterocycles. The van der Waals surface area contributed by atoms with Crippen molar-refractivity contribution in [1.82, 2.24) is 0 Å². The lowest BCUT2D eigenvalue weighted by molar-refractivity contribution is -0.0111. The van der Waals surface area contributed by atoms with Gasteiger partial charge in [0, 0.05) is 5.41 Å². The Kier molecular flexibility index (Phi) is 4.36. The average molecular weight is 252 g/mol. The Balaban J connectivity index is 3.13. The smallest absolute Gasteiger partial charge is 0.219 e. The normalized spacial score (nSPS) is 23.4. The van der Waals surface area contributed by atoms with Crippen molar-refractivity contribution in [2.24, 2.45) is 16.2 Å². The molecule has 1 nitrogen and oxygen atoms in total. The lowest BCUT2D eigenvalue weighted by Crippen LogP contribution is -2.47. The van der Waals surface area contributed by atoms with Gasteiger partial charge in [-0.25, -0.2) is 0 Å². The van der Waals surface area contributed by atoms with Crippen LogP contribution in [0.25, 0.3) is 0 Å². The monoisotopic (exact) mass is 252 g/mol. The summed E-state index contributed by atoms with van der Waals surface area (Å²) in [5, 5.41) is 0. The van der Waals surface area contributed by atoms with Crippen molar-refractivity contribution in [2.45, 2.75) is 66.7 Å². The van der Waals surface area contributed by atoms with Gasteiger partial charge in [0.15, 0.2) is 0 Å². The van der Waals surface area contributed by atoms with Crippen molar-refractivity contribution >= 4 is 10.5 Å². The zero-order valence-corrected chi connectivity index (χ0v) is 14.4. The van der Waals surface area contributed by atoms with E-state index >= 15 is 0 Å². The SMILES string of the molecule is CC(C)(C)[C@](C)(C#CO[SiH3])C1(C)CCCCC1. The van der Waals surface area contributed by atoms with Crippen LogP contribution >= 0.6 is 0 Å². The van der Waals surface area contributed by atoms with Crippen LogP contribution in [-0.2, 0) is 4.43 Å². The van der Waals surface area contributed by atoms with Gasteiger partial charge in [0.25, 0.3) is 0 Å². The zero-order valence-electron chi connectivity index (χ0n) is 12.4. The average Bonchev–Trinajstić information content (AvgIpc) is 2.25. The third-order valence-corrected chi connectivity index (χ3v) is 5.27. The minimum absolute atomic E-state index is 0.0326. The van der Waals surface area contributed by atoms with Crippen LogP contribution in [0.2, 0.25) is 0 Å². The third kappa shape index (κ3) is 2.71. The van der Waals surface area contributed by atoms with Crippen molar-refractivity contribution in [3.05, 3.63) is 0 Å².